The number of carbonyl (C=O) groups is 1. The summed E-state index contributed by atoms with van der Waals surface area (Å²) < 4.78 is 0. The van der Waals surface area contributed by atoms with E-state index < -0.39 is 0 Å². The Morgan fingerprint density at radius 3 is 2.95 bits per heavy atom. The van der Waals surface area contributed by atoms with E-state index in [1.165, 1.54) is 37.7 Å². The lowest BCUT2D eigenvalue weighted by Gasteiger charge is -2.54. The molecule has 6 unspecified atom stereocenters. The lowest BCUT2D eigenvalue weighted by Crippen LogP contribution is -2.50. The van der Waals surface area contributed by atoms with E-state index in [-0.39, 0.29) is 11.9 Å². The first-order valence-electron chi connectivity index (χ1n) is 8.50. The van der Waals surface area contributed by atoms with Gasteiger partial charge in [0.15, 0.2) is 5.78 Å². The van der Waals surface area contributed by atoms with Gasteiger partial charge in [0.2, 0.25) is 0 Å². The molecule has 110 valence electrons. The second-order valence-corrected chi connectivity index (χ2v) is 8.03. The molecule has 4 rings (SSSR count). The summed E-state index contributed by atoms with van der Waals surface area (Å²) in [5, 5.41) is 10.7. The van der Waals surface area contributed by atoms with Crippen molar-refractivity contribution in [2.24, 2.45) is 29.1 Å². The fourth-order valence-corrected chi connectivity index (χ4v) is 6.18. The molecule has 20 heavy (non-hydrogen) atoms. The Morgan fingerprint density at radius 1 is 1.25 bits per heavy atom. The molecule has 0 saturated heterocycles. The Bertz CT molecular complexity index is 466. The highest BCUT2D eigenvalue weighted by molar-refractivity contribution is 5.91. The zero-order valence-electron chi connectivity index (χ0n) is 12.5. The lowest BCUT2D eigenvalue weighted by molar-refractivity contribution is -0.117. The molecule has 0 bridgehead atoms. The summed E-state index contributed by atoms with van der Waals surface area (Å²) >= 11 is 0. The molecule has 2 nitrogen and oxygen atoms in total. The van der Waals surface area contributed by atoms with Gasteiger partial charge in [-0.05, 0) is 73.7 Å². The molecule has 3 fully saturated rings. The highest BCUT2D eigenvalue weighted by Crippen LogP contribution is 2.61. The first kappa shape index (κ1) is 13.1. The average Bonchev–Trinajstić information content (AvgIpc) is 2.79. The van der Waals surface area contributed by atoms with E-state index in [0.29, 0.717) is 23.2 Å². The van der Waals surface area contributed by atoms with Gasteiger partial charge in [0, 0.05) is 6.42 Å². The molecule has 1 N–H and O–H groups in total. The lowest BCUT2D eigenvalue weighted by atomic mass is 9.51. The molecule has 6 atom stereocenters. The van der Waals surface area contributed by atoms with Crippen LogP contribution < -0.4 is 0 Å². The molecule has 0 amide bonds. The van der Waals surface area contributed by atoms with Gasteiger partial charge in [-0.3, -0.25) is 4.79 Å². The number of rotatable bonds is 0. The minimum absolute atomic E-state index is 0.198. The summed E-state index contributed by atoms with van der Waals surface area (Å²) in [6.45, 7) is 2.46. The molecule has 3 saturated carbocycles. The van der Waals surface area contributed by atoms with Crippen LogP contribution in [-0.4, -0.2) is 17.0 Å². The second kappa shape index (κ2) is 4.43. The van der Waals surface area contributed by atoms with Crippen molar-refractivity contribution in [1.29, 1.82) is 0 Å². The third kappa shape index (κ3) is 1.76. The zero-order valence-corrected chi connectivity index (χ0v) is 12.5. The Hall–Kier alpha value is -0.630. The van der Waals surface area contributed by atoms with E-state index in [9.17, 15) is 9.90 Å². The molecule has 0 aliphatic heterocycles. The van der Waals surface area contributed by atoms with Gasteiger partial charge >= 0.3 is 0 Å². The third-order valence-electron chi connectivity index (χ3n) is 7.10. The van der Waals surface area contributed by atoms with Crippen LogP contribution in [-0.2, 0) is 4.79 Å². The molecule has 0 radical (unpaired) electrons. The van der Waals surface area contributed by atoms with Gasteiger partial charge in [-0.15, -0.1) is 0 Å². The molecule has 2 heteroatoms. The molecular formula is C18H26O2. The van der Waals surface area contributed by atoms with Crippen molar-refractivity contribution in [1.82, 2.24) is 0 Å². The van der Waals surface area contributed by atoms with Gasteiger partial charge in [-0.1, -0.05) is 18.9 Å². The van der Waals surface area contributed by atoms with Gasteiger partial charge in [0.05, 0.1) is 6.10 Å². The average molecular weight is 274 g/mol. The van der Waals surface area contributed by atoms with E-state index in [1.807, 2.05) is 6.08 Å². The number of aliphatic hydroxyl groups is 1. The predicted molar refractivity (Wildman–Crippen MR) is 78.1 cm³/mol. The smallest absolute Gasteiger partial charge is 0.155 e. The van der Waals surface area contributed by atoms with Crippen LogP contribution in [0.5, 0.6) is 0 Å². The van der Waals surface area contributed by atoms with Crippen molar-refractivity contribution >= 4 is 5.78 Å². The van der Waals surface area contributed by atoms with Crippen LogP contribution in [0.1, 0.15) is 58.3 Å². The third-order valence-corrected chi connectivity index (χ3v) is 7.10. The van der Waals surface area contributed by atoms with E-state index in [4.69, 9.17) is 0 Å². The van der Waals surface area contributed by atoms with Crippen LogP contribution in [0, 0.1) is 29.1 Å². The summed E-state index contributed by atoms with van der Waals surface area (Å²) in [7, 11) is 0. The highest BCUT2D eigenvalue weighted by atomic mass is 16.3. The molecule has 0 aromatic heterocycles. The maximum Gasteiger partial charge on any atom is 0.155 e. The van der Waals surface area contributed by atoms with Crippen molar-refractivity contribution in [2.45, 2.75) is 64.4 Å². The standard InChI is InChI=1S/C18H26O2/c1-18-7-2-3-15(18)17-14(6-8-18)13-5-4-12(19)9-11(13)10-16(17)20/h9,13-17,20H,2-8,10H2,1H3. The van der Waals surface area contributed by atoms with Crippen LogP contribution in [0.2, 0.25) is 0 Å². The van der Waals surface area contributed by atoms with Gasteiger partial charge in [-0.2, -0.15) is 0 Å². The van der Waals surface area contributed by atoms with E-state index in [2.05, 4.69) is 6.92 Å². The van der Waals surface area contributed by atoms with Crippen molar-refractivity contribution < 1.29 is 9.90 Å². The van der Waals surface area contributed by atoms with E-state index in [0.717, 1.165) is 25.2 Å². The highest BCUT2D eigenvalue weighted by Gasteiger charge is 2.55. The monoisotopic (exact) mass is 274 g/mol. The molecule has 4 aliphatic rings. The number of ketones is 1. The normalized spacial score (nSPS) is 51.0. The summed E-state index contributed by atoms with van der Waals surface area (Å²) in [5.74, 6) is 2.77. The Labute approximate surface area is 121 Å². The molecule has 0 heterocycles. The minimum Gasteiger partial charge on any atom is -0.392 e. The van der Waals surface area contributed by atoms with Gasteiger partial charge in [-0.25, -0.2) is 0 Å². The topological polar surface area (TPSA) is 37.3 Å². The maximum atomic E-state index is 11.7. The van der Waals surface area contributed by atoms with Crippen molar-refractivity contribution in [3.8, 4) is 0 Å². The Kier molecular flexibility index (Phi) is 2.89. The number of hydrogen-bond acceptors (Lipinski definition) is 2. The van der Waals surface area contributed by atoms with Crippen LogP contribution in [0.25, 0.3) is 0 Å². The first-order chi connectivity index (χ1) is 9.58. The molecule has 0 aromatic carbocycles. The van der Waals surface area contributed by atoms with E-state index in [1.54, 1.807) is 0 Å². The minimum atomic E-state index is -0.198. The maximum absolute atomic E-state index is 11.7. The summed E-state index contributed by atoms with van der Waals surface area (Å²) in [4.78, 5) is 11.7. The van der Waals surface area contributed by atoms with Crippen LogP contribution in [0.15, 0.2) is 11.6 Å². The largest absolute Gasteiger partial charge is 0.392 e. The summed E-state index contributed by atoms with van der Waals surface area (Å²) in [6, 6.07) is 0. The first-order valence-corrected chi connectivity index (χ1v) is 8.50. The predicted octanol–water partition coefficient (Wildman–Crippen LogP) is 3.49. The van der Waals surface area contributed by atoms with Crippen molar-refractivity contribution in [3.05, 3.63) is 11.6 Å². The van der Waals surface area contributed by atoms with Gasteiger partial charge in [0.25, 0.3) is 0 Å². The number of carbonyl (C=O) groups excluding carboxylic acids is 1. The number of fused-ring (bicyclic) bond motifs is 5. The molecule has 4 aliphatic carbocycles. The van der Waals surface area contributed by atoms with Crippen LogP contribution in [0.4, 0.5) is 0 Å². The molecular weight excluding hydrogens is 248 g/mol. The summed E-state index contributed by atoms with van der Waals surface area (Å²) in [5.41, 5.74) is 1.77. The molecule has 0 aromatic rings. The number of hydrogen-bond donors (Lipinski definition) is 1. The molecule has 0 spiro atoms. The Morgan fingerprint density at radius 2 is 2.10 bits per heavy atom. The van der Waals surface area contributed by atoms with Gasteiger partial charge in [0.1, 0.15) is 0 Å². The quantitative estimate of drug-likeness (QED) is 0.734. The second-order valence-electron chi connectivity index (χ2n) is 8.03. The van der Waals surface area contributed by atoms with Crippen LogP contribution in [0.3, 0.4) is 0 Å². The summed E-state index contributed by atoms with van der Waals surface area (Å²) in [6.07, 6.45) is 10.9. The zero-order chi connectivity index (χ0) is 13.9. The van der Waals surface area contributed by atoms with Crippen LogP contribution >= 0.6 is 0 Å². The van der Waals surface area contributed by atoms with Crippen molar-refractivity contribution in [3.63, 3.8) is 0 Å². The van der Waals surface area contributed by atoms with Crippen molar-refractivity contribution in [2.75, 3.05) is 0 Å². The van der Waals surface area contributed by atoms with Gasteiger partial charge < -0.3 is 5.11 Å². The fraction of sp³-hybridized carbons (Fsp3) is 0.833. The Balaban J connectivity index is 1.68. The fourth-order valence-electron chi connectivity index (χ4n) is 6.18. The SMILES string of the molecule is CC12CCCC1C1C(O)CC3=CC(=O)CCC3C1CC2. The number of aliphatic hydroxyl groups excluding tert-OH is 1. The van der Waals surface area contributed by atoms with E-state index >= 15 is 0 Å².